The second-order valence-electron chi connectivity index (χ2n) is 5.15. The predicted molar refractivity (Wildman–Crippen MR) is 64.9 cm³/mol. The molecule has 88 valence electrons. The Morgan fingerprint density at radius 1 is 1.13 bits per heavy atom. The van der Waals surface area contributed by atoms with E-state index >= 15 is 0 Å². The number of carbonyl (C=O) groups is 1. The van der Waals surface area contributed by atoms with Crippen molar-refractivity contribution in [1.82, 2.24) is 0 Å². The Kier molecular flexibility index (Phi) is 5.97. The van der Waals surface area contributed by atoms with Gasteiger partial charge in [-0.25, -0.2) is 0 Å². The minimum atomic E-state index is 0.413. The minimum absolute atomic E-state index is 0.413. The van der Waals surface area contributed by atoms with Crippen LogP contribution in [0.2, 0.25) is 0 Å². The van der Waals surface area contributed by atoms with Crippen molar-refractivity contribution >= 4 is 5.78 Å². The highest BCUT2D eigenvalue weighted by atomic mass is 16.1. The molecule has 15 heavy (non-hydrogen) atoms. The summed E-state index contributed by atoms with van der Waals surface area (Å²) in [4.78, 5) is 11.9. The molecule has 0 aliphatic heterocycles. The summed E-state index contributed by atoms with van der Waals surface area (Å²) in [7, 11) is 0. The van der Waals surface area contributed by atoms with Crippen LogP contribution in [0, 0.1) is 11.8 Å². The molecule has 0 amide bonds. The third-order valence-corrected chi connectivity index (χ3v) is 3.80. The molecule has 0 heterocycles. The molecule has 0 bridgehead atoms. The Balaban J connectivity index is 2.08. The van der Waals surface area contributed by atoms with Gasteiger partial charge in [-0.05, 0) is 25.2 Å². The van der Waals surface area contributed by atoms with E-state index in [4.69, 9.17) is 0 Å². The molecular weight excluding hydrogens is 184 g/mol. The number of Topliss-reactive ketones (excluding diaryl/α,β-unsaturated/α-hetero) is 1. The molecule has 0 saturated heterocycles. The molecule has 1 heteroatoms. The fourth-order valence-electron chi connectivity index (χ4n) is 2.71. The molecule has 1 saturated carbocycles. The molecular formula is C14H26O. The van der Waals surface area contributed by atoms with Crippen LogP contribution in [0.5, 0.6) is 0 Å². The Labute approximate surface area is 94.6 Å². The predicted octanol–water partition coefficient (Wildman–Crippen LogP) is 4.35. The number of hydrogen-bond donors (Lipinski definition) is 0. The maximum absolute atomic E-state index is 11.9. The first kappa shape index (κ1) is 12.7. The number of carbonyl (C=O) groups excluding carboxylic acids is 1. The monoisotopic (exact) mass is 210 g/mol. The molecule has 1 aliphatic carbocycles. The van der Waals surface area contributed by atoms with E-state index in [9.17, 15) is 4.79 Å². The maximum Gasteiger partial charge on any atom is 0.136 e. The maximum atomic E-state index is 11.9. The van der Waals surface area contributed by atoms with E-state index in [1.807, 2.05) is 0 Å². The molecule has 0 aromatic rings. The van der Waals surface area contributed by atoms with Crippen LogP contribution in [0.3, 0.4) is 0 Å². The van der Waals surface area contributed by atoms with Crippen LogP contribution < -0.4 is 0 Å². The summed E-state index contributed by atoms with van der Waals surface area (Å²) < 4.78 is 0. The third-order valence-electron chi connectivity index (χ3n) is 3.80. The van der Waals surface area contributed by atoms with Gasteiger partial charge >= 0.3 is 0 Å². The lowest BCUT2D eigenvalue weighted by molar-refractivity contribution is -0.123. The third kappa shape index (κ3) is 4.36. The van der Waals surface area contributed by atoms with Crippen molar-refractivity contribution < 1.29 is 4.79 Å². The first-order chi connectivity index (χ1) is 7.25. The SMILES string of the molecule is CCCCCCCC(=O)C1CCCC1C. The summed E-state index contributed by atoms with van der Waals surface area (Å²) in [5.74, 6) is 1.63. The largest absolute Gasteiger partial charge is 0.299 e. The highest BCUT2D eigenvalue weighted by Gasteiger charge is 2.28. The summed E-state index contributed by atoms with van der Waals surface area (Å²) in [6.45, 7) is 4.47. The first-order valence-electron chi connectivity index (χ1n) is 6.78. The Morgan fingerprint density at radius 2 is 1.87 bits per heavy atom. The molecule has 0 N–H and O–H groups in total. The van der Waals surface area contributed by atoms with Gasteiger partial charge in [-0.15, -0.1) is 0 Å². The lowest BCUT2D eigenvalue weighted by atomic mass is 9.90. The van der Waals surface area contributed by atoms with Gasteiger partial charge in [0.1, 0.15) is 5.78 Å². The normalized spacial score (nSPS) is 25.7. The minimum Gasteiger partial charge on any atom is -0.299 e. The lowest BCUT2D eigenvalue weighted by Crippen LogP contribution is -2.16. The van der Waals surface area contributed by atoms with Gasteiger partial charge < -0.3 is 0 Å². The lowest BCUT2D eigenvalue weighted by Gasteiger charge is -2.13. The molecule has 0 aromatic heterocycles. The Bertz CT molecular complexity index is 186. The average molecular weight is 210 g/mol. The summed E-state index contributed by atoms with van der Waals surface area (Å²) in [5.41, 5.74) is 0. The average Bonchev–Trinajstić information content (AvgIpc) is 2.64. The van der Waals surface area contributed by atoms with Gasteiger partial charge in [0, 0.05) is 12.3 Å². The van der Waals surface area contributed by atoms with Gasteiger partial charge in [0.15, 0.2) is 0 Å². The molecule has 1 aliphatic rings. The second kappa shape index (κ2) is 7.03. The molecule has 0 radical (unpaired) electrons. The first-order valence-corrected chi connectivity index (χ1v) is 6.78. The van der Waals surface area contributed by atoms with E-state index in [0.717, 1.165) is 19.3 Å². The van der Waals surface area contributed by atoms with Crippen molar-refractivity contribution in [2.75, 3.05) is 0 Å². The number of unbranched alkanes of at least 4 members (excludes halogenated alkanes) is 4. The van der Waals surface area contributed by atoms with E-state index < -0.39 is 0 Å². The van der Waals surface area contributed by atoms with Crippen LogP contribution in [0.15, 0.2) is 0 Å². The summed E-state index contributed by atoms with van der Waals surface area (Å²) >= 11 is 0. The zero-order valence-electron chi connectivity index (χ0n) is 10.4. The summed E-state index contributed by atoms with van der Waals surface area (Å²) in [6.07, 6.45) is 10.8. The van der Waals surface area contributed by atoms with Crippen molar-refractivity contribution in [2.45, 2.75) is 71.6 Å². The zero-order chi connectivity index (χ0) is 11.1. The topological polar surface area (TPSA) is 17.1 Å². The fourth-order valence-corrected chi connectivity index (χ4v) is 2.71. The molecule has 1 nitrogen and oxygen atoms in total. The van der Waals surface area contributed by atoms with Crippen molar-refractivity contribution in [2.24, 2.45) is 11.8 Å². The molecule has 1 fully saturated rings. The van der Waals surface area contributed by atoms with E-state index in [1.54, 1.807) is 0 Å². The molecule has 1 rings (SSSR count). The smallest absolute Gasteiger partial charge is 0.136 e. The quantitative estimate of drug-likeness (QED) is 0.571. The van der Waals surface area contributed by atoms with Crippen molar-refractivity contribution in [3.05, 3.63) is 0 Å². The summed E-state index contributed by atoms with van der Waals surface area (Å²) in [5, 5.41) is 0. The van der Waals surface area contributed by atoms with Gasteiger partial charge in [-0.2, -0.15) is 0 Å². The molecule has 2 unspecified atom stereocenters. The van der Waals surface area contributed by atoms with Crippen molar-refractivity contribution in [1.29, 1.82) is 0 Å². The van der Waals surface area contributed by atoms with E-state index in [1.165, 1.54) is 38.5 Å². The van der Waals surface area contributed by atoms with Crippen molar-refractivity contribution in [3.63, 3.8) is 0 Å². The highest BCUT2D eigenvalue weighted by Crippen LogP contribution is 2.32. The number of ketones is 1. The fraction of sp³-hybridized carbons (Fsp3) is 0.929. The van der Waals surface area contributed by atoms with Gasteiger partial charge in [0.25, 0.3) is 0 Å². The van der Waals surface area contributed by atoms with Gasteiger partial charge in [0.05, 0.1) is 0 Å². The van der Waals surface area contributed by atoms with Crippen LogP contribution in [-0.2, 0) is 4.79 Å². The Morgan fingerprint density at radius 3 is 2.47 bits per heavy atom. The highest BCUT2D eigenvalue weighted by molar-refractivity contribution is 5.81. The van der Waals surface area contributed by atoms with Crippen LogP contribution >= 0.6 is 0 Å². The van der Waals surface area contributed by atoms with Crippen LogP contribution in [0.1, 0.15) is 71.6 Å². The number of rotatable bonds is 7. The van der Waals surface area contributed by atoms with Gasteiger partial charge in [0.2, 0.25) is 0 Å². The standard InChI is InChI=1S/C14H26O/c1-3-4-5-6-7-11-14(15)13-10-8-9-12(13)2/h12-13H,3-11H2,1-2H3. The van der Waals surface area contributed by atoms with Crippen molar-refractivity contribution in [3.8, 4) is 0 Å². The molecule has 2 atom stereocenters. The van der Waals surface area contributed by atoms with Crippen LogP contribution in [-0.4, -0.2) is 5.78 Å². The van der Waals surface area contributed by atoms with E-state index in [-0.39, 0.29) is 0 Å². The molecule has 0 spiro atoms. The van der Waals surface area contributed by atoms with E-state index in [2.05, 4.69) is 13.8 Å². The van der Waals surface area contributed by atoms with Crippen LogP contribution in [0.25, 0.3) is 0 Å². The zero-order valence-corrected chi connectivity index (χ0v) is 10.4. The Hall–Kier alpha value is -0.330. The van der Waals surface area contributed by atoms with Gasteiger partial charge in [-0.1, -0.05) is 46.0 Å². The van der Waals surface area contributed by atoms with E-state index in [0.29, 0.717) is 17.6 Å². The number of hydrogen-bond acceptors (Lipinski definition) is 1. The second-order valence-corrected chi connectivity index (χ2v) is 5.15. The van der Waals surface area contributed by atoms with Crippen LogP contribution in [0.4, 0.5) is 0 Å². The van der Waals surface area contributed by atoms with Gasteiger partial charge in [-0.3, -0.25) is 4.79 Å². The summed E-state index contributed by atoms with van der Waals surface area (Å²) in [6, 6.07) is 0. The molecule has 0 aromatic carbocycles.